The minimum absolute atomic E-state index is 0.298. The standard InChI is InChI=1S/C19H24FN7/c1-25-8-10-27(11-9-25)15-5-3-4-13(20)16(15)14-7-6-12-17(21)26(2)19(22)24-18(12)23-14/h3-7,17H,8-11,21H2,1-2H3,(H2,22,23,24). The summed E-state index contributed by atoms with van der Waals surface area (Å²) in [5, 5.41) is 0. The molecule has 1 aromatic carbocycles. The van der Waals surface area contributed by atoms with E-state index in [2.05, 4.69) is 26.8 Å². The van der Waals surface area contributed by atoms with Crippen LogP contribution in [0.5, 0.6) is 0 Å². The molecule has 1 unspecified atom stereocenters. The first-order valence-corrected chi connectivity index (χ1v) is 9.01. The topological polar surface area (TPSA) is 87.0 Å². The fraction of sp³-hybridized carbons (Fsp3) is 0.368. The summed E-state index contributed by atoms with van der Waals surface area (Å²) in [6.07, 6.45) is -0.420. The van der Waals surface area contributed by atoms with E-state index in [1.54, 1.807) is 18.0 Å². The van der Waals surface area contributed by atoms with Crippen molar-refractivity contribution in [2.75, 3.05) is 45.2 Å². The van der Waals surface area contributed by atoms with E-state index in [0.717, 1.165) is 37.4 Å². The second-order valence-corrected chi connectivity index (χ2v) is 7.06. The van der Waals surface area contributed by atoms with Gasteiger partial charge in [-0.05, 0) is 31.3 Å². The summed E-state index contributed by atoms with van der Waals surface area (Å²) < 4.78 is 14.8. The number of pyridine rings is 1. The number of benzene rings is 1. The zero-order chi connectivity index (χ0) is 19.1. The number of hydrogen-bond donors (Lipinski definition) is 2. The summed E-state index contributed by atoms with van der Waals surface area (Å²) in [4.78, 5) is 15.1. The maximum Gasteiger partial charge on any atom is 0.199 e. The zero-order valence-corrected chi connectivity index (χ0v) is 15.6. The Morgan fingerprint density at radius 2 is 1.81 bits per heavy atom. The largest absolute Gasteiger partial charge is 0.369 e. The minimum atomic E-state index is -0.420. The molecule has 4 rings (SSSR count). The van der Waals surface area contributed by atoms with Crippen molar-refractivity contribution >= 4 is 17.5 Å². The summed E-state index contributed by atoms with van der Waals surface area (Å²) in [6.45, 7) is 3.57. The van der Waals surface area contributed by atoms with Crippen molar-refractivity contribution in [3.63, 3.8) is 0 Å². The van der Waals surface area contributed by atoms with Gasteiger partial charge in [0.2, 0.25) is 0 Å². The average Bonchev–Trinajstić information content (AvgIpc) is 2.66. The number of aliphatic imine (C=N–C) groups is 1. The molecule has 0 bridgehead atoms. The van der Waals surface area contributed by atoms with Gasteiger partial charge in [0.25, 0.3) is 0 Å². The molecule has 0 spiro atoms. The van der Waals surface area contributed by atoms with Crippen LogP contribution in [0.4, 0.5) is 15.9 Å². The van der Waals surface area contributed by atoms with Crippen molar-refractivity contribution in [1.82, 2.24) is 14.8 Å². The molecule has 0 amide bonds. The molecule has 1 saturated heterocycles. The van der Waals surface area contributed by atoms with Gasteiger partial charge in [-0.25, -0.2) is 9.37 Å². The minimum Gasteiger partial charge on any atom is -0.369 e. The van der Waals surface area contributed by atoms with E-state index in [-0.39, 0.29) is 5.82 Å². The number of guanidine groups is 1. The van der Waals surface area contributed by atoms with Crippen LogP contribution in [-0.4, -0.2) is 61.0 Å². The molecule has 1 aromatic heterocycles. The van der Waals surface area contributed by atoms with Crippen molar-refractivity contribution in [1.29, 1.82) is 0 Å². The summed E-state index contributed by atoms with van der Waals surface area (Å²) in [5.74, 6) is 0.448. The molecule has 2 aliphatic rings. The molecule has 1 fully saturated rings. The van der Waals surface area contributed by atoms with Gasteiger partial charge in [0, 0.05) is 44.5 Å². The maximum atomic E-state index is 14.8. The van der Waals surface area contributed by atoms with Crippen molar-refractivity contribution < 1.29 is 4.39 Å². The SMILES string of the molecule is CN1CCN(c2cccc(F)c2-c2ccc3c(n2)N=C(N)N(C)C3N)CC1. The first kappa shape index (κ1) is 17.7. The summed E-state index contributed by atoms with van der Waals surface area (Å²) in [5.41, 5.74) is 14.8. The number of fused-ring (bicyclic) bond motifs is 1. The molecule has 27 heavy (non-hydrogen) atoms. The van der Waals surface area contributed by atoms with E-state index in [1.165, 1.54) is 6.07 Å². The highest BCUT2D eigenvalue weighted by Crippen LogP contribution is 2.36. The van der Waals surface area contributed by atoms with Crippen LogP contribution in [0, 0.1) is 5.82 Å². The lowest BCUT2D eigenvalue weighted by Gasteiger charge is -2.35. The third-order valence-corrected chi connectivity index (χ3v) is 5.31. The predicted octanol–water partition coefficient (Wildman–Crippen LogP) is 1.49. The normalized spacial score (nSPS) is 20.4. The first-order chi connectivity index (χ1) is 13.0. The van der Waals surface area contributed by atoms with E-state index < -0.39 is 6.17 Å². The smallest absolute Gasteiger partial charge is 0.199 e. The van der Waals surface area contributed by atoms with E-state index in [0.29, 0.717) is 23.0 Å². The Hall–Kier alpha value is -2.71. The van der Waals surface area contributed by atoms with Crippen molar-refractivity contribution in [3.8, 4) is 11.3 Å². The van der Waals surface area contributed by atoms with Crippen LogP contribution >= 0.6 is 0 Å². The Labute approximate surface area is 158 Å². The first-order valence-electron chi connectivity index (χ1n) is 9.01. The highest BCUT2D eigenvalue weighted by atomic mass is 19.1. The predicted molar refractivity (Wildman–Crippen MR) is 105 cm³/mol. The highest BCUT2D eigenvalue weighted by Gasteiger charge is 2.26. The fourth-order valence-electron chi connectivity index (χ4n) is 3.53. The molecule has 7 nitrogen and oxygen atoms in total. The van der Waals surface area contributed by atoms with E-state index in [9.17, 15) is 4.39 Å². The molecule has 3 heterocycles. The van der Waals surface area contributed by atoms with Crippen molar-refractivity contribution in [2.45, 2.75) is 6.17 Å². The number of nitrogens with two attached hydrogens (primary N) is 2. The Kier molecular flexibility index (Phi) is 4.45. The van der Waals surface area contributed by atoms with Gasteiger partial charge in [0.1, 0.15) is 12.0 Å². The van der Waals surface area contributed by atoms with Gasteiger partial charge in [-0.2, -0.15) is 4.99 Å². The molecule has 2 aromatic rings. The van der Waals surface area contributed by atoms with Crippen molar-refractivity contribution in [2.24, 2.45) is 16.5 Å². The molecular formula is C19H24FN7. The number of likely N-dealkylation sites (N-methyl/N-ethyl adjacent to an activating group) is 1. The second-order valence-electron chi connectivity index (χ2n) is 7.06. The Bertz CT molecular complexity index is 890. The van der Waals surface area contributed by atoms with Gasteiger partial charge < -0.3 is 26.2 Å². The average molecular weight is 369 g/mol. The van der Waals surface area contributed by atoms with Crippen LogP contribution in [0.3, 0.4) is 0 Å². The van der Waals surface area contributed by atoms with Gasteiger partial charge in [-0.15, -0.1) is 0 Å². The lowest BCUT2D eigenvalue weighted by atomic mass is 10.0. The van der Waals surface area contributed by atoms with E-state index in [4.69, 9.17) is 11.5 Å². The van der Waals surface area contributed by atoms with Gasteiger partial charge in [0.05, 0.1) is 11.3 Å². The van der Waals surface area contributed by atoms with Crippen LogP contribution in [0.1, 0.15) is 11.7 Å². The number of halogens is 1. The zero-order valence-electron chi connectivity index (χ0n) is 15.6. The molecule has 0 radical (unpaired) electrons. The third-order valence-electron chi connectivity index (χ3n) is 5.31. The summed E-state index contributed by atoms with van der Waals surface area (Å²) in [6, 6.07) is 8.82. The molecule has 142 valence electrons. The van der Waals surface area contributed by atoms with Crippen LogP contribution in [0.25, 0.3) is 11.3 Å². The molecule has 0 aliphatic carbocycles. The fourth-order valence-corrected chi connectivity index (χ4v) is 3.53. The quantitative estimate of drug-likeness (QED) is 0.834. The Balaban J connectivity index is 1.78. The Morgan fingerprint density at radius 1 is 1.07 bits per heavy atom. The molecule has 0 saturated carbocycles. The van der Waals surface area contributed by atoms with Gasteiger partial charge >= 0.3 is 0 Å². The maximum absolute atomic E-state index is 14.8. The molecule has 4 N–H and O–H groups in total. The monoisotopic (exact) mass is 369 g/mol. The summed E-state index contributed by atoms with van der Waals surface area (Å²) >= 11 is 0. The molecule has 8 heteroatoms. The Morgan fingerprint density at radius 3 is 2.56 bits per heavy atom. The lowest BCUT2D eigenvalue weighted by Crippen LogP contribution is -2.44. The molecule has 1 atom stereocenters. The van der Waals surface area contributed by atoms with Gasteiger partial charge in [0.15, 0.2) is 11.8 Å². The second kappa shape index (κ2) is 6.79. The van der Waals surface area contributed by atoms with Crippen molar-refractivity contribution in [3.05, 3.63) is 41.7 Å². The highest BCUT2D eigenvalue weighted by molar-refractivity contribution is 5.84. The van der Waals surface area contributed by atoms with Gasteiger partial charge in [-0.3, -0.25) is 0 Å². The number of aromatic nitrogens is 1. The third kappa shape index (κ3) is 3.11. The number of piperazine rings is 1. The van der Waals surface area contributed by atoms with E-state index >= 15 is 0 Å². The summed E-state index contributed by atoms with van der Waals surface area (Å²) in [7, 11) is 3.88. The van der Waals surface area contributed by atoms with Crippen LogP contribution in [0.2, 0.25) is 0 Å². The van der Waals surface area contributed by atoms with Crippen LogP contribution < -0.4 is 16.4 Å². The number of nitrogens with zero attached hydrogens (tertiary/aromatic N) is 5. The van der Waals surface area contributed by atoms with Crippen LogP contribution in [-0.2, 0) is 0 Å². The molecule has 2 aliphatic heterocycles. The number of rotatable bonds is 2. The van der Waals surface area contributed by atoms with Crippen LogP contribution in [0.15, 0.2) is 35.3 Å². The number of anilines is 1. The van der Waals surface area contributed by atoms with Gasteiger partial charge in [-0.1, -0.05) is 6.07 Å². The lowest BCUT2D eigenvalue weighted by molar-refractivity contribution is 0.313. The van der Waals surface area contributed by atoms with E-state index in [1.807, 2.05) is 18.2 Å². The molecular weight excluding hydrogens is 345 g/mol. The number of hydrogen-bond acceptors (Lipinski definition) is 7.